The Morgan fingerprint density at radius 2 is 2.33 bits per heavy atom. The van der Waals surface area contributed by atoms with Crippen molar-refractivity contribution in [1.82, 2.24) is 0 Å². The van der Waals surface area contributed by atoms with Crippen LogP contribution in [0.15, 0.2) is 12.1 Å². The van der Waals surface area contributed by atoms with Crippen LogP contribution < -0.4 is 4.74 Å². The first-order valence-electron chi connectivity index (χ1n) is 3.87. The highest BCUT2D eigenvalue weighted by Gasteiger charge is 2.18. The first-order valence-corrected chi connectivity index (χ1v) is 3.87. The van der Waals surface area contributed by atoms with Crippen LogP contribution in [-0.2, 0) is 13.0 Å². The van der Waals surface area contributed by atoms with Gasteiger partial charge >= 0.3 is 0 Å². The number of hydrogen-bond donors (Lipinski definition) is 1. The van der Waals surface area contributed by atoms with Gasteiger partial charge in [-0.1, -0.05) is 12.1 Å². The van der Waals surface area contributed by atoms with Crippen molar-refractivity contribution in [3.8, 4) is 5.75 Å². The number of fused-ring (bicyclic) bond motifs is 1. The standard InChI is InChI=1S/C9H9FO2/c10-8-7(5-11)2-1-6-3-4-12-9(6)8/h1-2,11H,3-5H2. The van der Waals surface area contributed by atoms with Gasteiger partial charge in [0, 0.05) is 17.5 Å². The van der Waals surface area contributed by atoms with Gasteiger partial charge in [0.15, 0.2) is 11.6 Å². The maximum atomic E-state index is 13.3. The predicted molar refractivity (Wildman–Crippen MR) is 41.5 cm³/mol. The summed E-state index contributed by atoms with van der Waals surface area (Å²) < 4.78 is 18.4. The van der Waals surface area contributed by atoms with Crippen LogP contribution in [0.1, 0.15) is 11.1 Å². The van der Waals surface area contributed by atoms with Gasteiger partial charge in [-0.15, -0.1) is 0 Å². The minimum atomic E-state index is -0.410. The Hall–Kier alpha value is -1.09. The lowest BCUT2D eigenvalue weighted by Gasteiger charge is -2.03. The van der Waals surface area contributed by atoms with E-state index in [0.29, 0.717) is 17.9 Å². The molecule has 0 spiro atoms. The summed E-state index contributed by atoms with van der Waals surface area (Å²) in [5.74, 6) is -0.0888. The quantitative estimate of drug-likeness (QED) is 0.683. The summed E-state index contributed by atoms with van der Waals surface area (Å²) in [7, 11) is 0. The third kappa shape index (κ3) is 0.975. The average molecular weight is 168 g/mol. The highest BCUT2D eigenvalue weighted by Crippen LogP contribution is 2.30. The SMILES string of the molecule is OCc1ccc2c(c1F)OCC2. The molecule has 3 heteroatoms. The summed E-state index contributed by atoms with van der Waals surface area (Å²) in [6, 6.07) is 3.40. The molecule has 2 nitrogen and oxygen atoms in total. The van der Waals surface area contributed by atoms with E-state index >= 15 is 0 Å². The lowest BCUT2D eigenvalue weighted by atomic mass is 10.1. The Labute approximate surface area is 69.6 Å². The highest BCUT2D eigenvalue weighted by molar-refractivity contribution is 5.41. The van der Waals surface area contributed by atoms with Gasteiger partial charge in [0.1, 0.15) is 0 Å². The van der Waals surface area contributed by atoms with E-state index in [1.165, 1.54) is 0 Å². The van der Waals surface area contributed by atoms with Gasteiger partial charge < -0.3 is 9.84 Å². The molecule has 0 amide bonds. The molecular weight excluding hydrogens is 159 g/mol. The maximum Gasteiger partial charge on any atom is 0.170 e. The largest absolute Gasteiger partial charge is 0.490 e. The van der Waals surface area contributed by atoms with Gasteiger partial charge in [-0.3, -0.25) is 0 Å². The van der Waals surface area contributed by atoms with Gasteiger partial charge in [-0.25, -0.2) is 4.39 Å². The first kappa shape index (κ1) is 7.55. The molecule has 1 N–H and O–H groups in total. The smallest absolute Gasteiger partial charge is 0.170 e. The van der Waals surface area contributed by atoms with E-state index in [9.17, 15) is 4.39 Å². The van der Waals surface area contributed by atoms with Crippen LogP contribution in [0.3, 0.4) is 0 Å². The Kier molecular flexibility index (Phi) is 1.73. The van der Waals surface area contributed by atoms with Crippen molar-refractivity contribution in [2.75, 3.05) is 6.61 Å². The molecule has 0 fully saturated rings. The van der Waals surface area contributed by atoms with Crippen molar-refractivity contribution in [3.05, 3.63) is 29.1 Å². The summed E-state index contributed by atoms with van der Waals surface area (Å²) in [6.07, 6.45) is 0.762. The third-order valence-corrected chi connectivity index (χ3v) is 2.05. The van der Waals surface area contributed by atoms with Gasteiger partial charge in [0.05, 0.1) is 13.2 Å². The summed E-state index contributed by atoms with van der Waals surface area (Å²) >= 11 is 0. The Morgan fingerprint density at radius 3 is 3.08 bits per heavy atom. The summed E-state index contributed by atoms with van der Waals surface area (Å²) in [6.45, 7) is 0.267. The number of benzene rings is 1. The number of aliphatic hydroxyl groups excluding tert-OH is 1. The lowest BCUT2D eigenvalue weighted by molar-refractivity contribution is 0.271. The fourth-order valence-corrected chi connectivity index (χ4v) is 1.37. The van der Waals surface area contributed by atoms with Crippen molar-refractivity contribution in [2.24, 2.45) is 0 Å². The summed E-state index contributed by atoms with van der Waals surface area (Å²) in [5, 5.41) is 8.75. The molecule has 0 saturated heterocycles. The molecule has 12 heavy (non-hydrogen) atoms. The molecule has 1 aromatic rings. The Bertz CT molecular complexity index is 310. The lowest BCUT2D eigenvalue weighted by Crippen LogP contribution is -1.93. The van der Waals surface area contributed by atoms with E-state index in [-0.39, 0.29) is 6.61 Å². The molecule has 0 bridgehead atoms. The number of aliphatic hydroxyl groups is 1. The van der Waals surface area contributed by atoms with Crippen molar-refractivity contribution in [1.29, 1.82) is 0 Å². The normalized spacial score (nSPS) is 14.2. The van der Waals surface area contributed by atoms with Gasteiger partial charge in [0.25, 0.3) is 0 Å². The van der Waals surface area contributed by atoms with Crippen molar-refractivity contribution in [2.45, 2.75) is 13.0 Å². The molecule has 0 saturated carbocycles. The van der Waals surface area contributed by atoms with Gasteiger partial charge in [-0.05, 0) is 0 Å². The van der Waals surface area contributed by atoms with Gasteiger partial charge in [0.2, 0.25) is 0 Å². The van der Waals surface area contributed by atoms with E-state index < -0.39 is 5.82 Å². The molecule has 1 aliphatic rings. The average Bonchev–Trinajstić information content (AvgIpc) is 2.53. The number of halogens is 1. The zero-order valence-electron chi connectivity index (χ0n) is 6.51. The molecule has 1 aromatic carbocycles. The maximum absolute atomic E-state index is 13.3. The molecule has 0 aromatic heterocycles. The van der Waals surface area contributed by atoms with Crippen LogP contribution in [0.5, 0.6) is 5.75 Å². The molecule has 64 valence electrons. The zero-order valence-corrected chi connectivity index (χ0v) is 6.51. The molecule has 0 atom stereocenters. The molecule has 1 aliphatic heterocycles. The predicted octanol–water partition coefficient (Wildman–Crippen LogP) is 1.25. The minimum Gasteiger partial charge on any atom is -0.490 e. The van der Waals surface area contributed by atoms with Crippen LogP contribution in [0.4, 0.5) is 4.39 Å². The molecule has 2 rings (SSSR count). The van der Waals surface area contributed by atoms with Crippen LogP contribution in [0, 0.1) is 5.82 Å². The fraction of sp³-hybridized carbons (Fsp3) is 0.333. The molecular formula is C9H9FO2. The summed E-state index contributed by atoms with van der Waals surface area (Å²) in [4.78, 5) is 0. The monoisotopic (exact) mass is 168 g/mol. The second kappa shape index (κ2) is 2.75. The van der Waals surface area contributed by atoms with Crippen LogP contribution in [0.2, 0.25) is 0 Å². The van der Waals surface area contributed by atoms with Crippen LogP contribution in [0.25, 0.3) is 0 Å². The number of rotatable bonds is 1. The molecule has 0 radical (unpaired) electrons. The topological polar surface area (TPSA) is 29.5 Å². The number of hydrogen-bond acceptors (Lipinski definition) is 2. The van der Waals surface area contributed by atoms with Crippen molar-refractivity contribution < 1.29 is 14.2 Å². The van der Waals surface area contributed by atoms with Gasteiger partial charge in [-0.2, -0.15) is 0 Å². The zero-order chi connectivity index (χ0) is 8.55. The minimum absolute atomic E-state index is 0.275. The van der Waals surface area contributed by atoms with Crippen molar-refractivity contribution >= 4 is 0 Å². The van der Waals surface area contributed by atoms with Crippen LogP contribution in [-0.4, -0.2) is 11.7 Å². The van der Waals surface area contributed by atoms with E-state index in [0.717, 1.165) is 12.0 Å². The fourth-order valence-electron chi connectivity index (χ4n) is 1.37. The third-order valence-electron chi connectivity index (χ3n) is 2.05. The second-order valence-corrected chi connectivity index (χ2v) is 2.78. The second-order valence-electron chi connectivity index (χ2n) is 2.78. The summed E-state index contributed by atoms with van der Waals surface area (Å²) in [5.41, 5.74) is 1.19. The molecule has 1 heterocycles. The van der Waals surface area contributed by atoms with E-state index in [1.807, 2.05) is 0 Å². The Balaban J connectivity index is 2.54. The molecule has 0 aliphatic carbocycles. The first-order chi connectivity index (χ1) is 5.83. The number of ether oxygens (including phenoxy) is 1. The van der Waals surface area contributed by atoms with Crippen LogP contribution >= 0.6 is 0 Å². The Morgan fingerprint density at radius 1 is 1.50 bits per heavy atom. The van der Waals surface area contributed by atoms with E-state index in [2.05, 4.69) is 0 Å². The van der Waals surface area contributed by atoms with E-state index in [4.69, 9.17) is 9.84 Å². The highest BCUT2D eigenvalue weighted by atomic mass is 19.1. The van der Waals surface area contributed by atoms with E-state index in [1.54, 1.807) is 12.1 Å². The van der Waals surface area contributed by atoms with Crippen molar-refractivity contribution in [3.63, 3.8) is 0 Å². The molecule has 0 unspecified atom stereocenters.